The fourth-order valence-electron chi connectivity index (χ4n) is 2.80. The molecule has 0 aliphatic carbocycles. The van der Waals surface area contributed by atoms with E-state index in [9.17, 15) is 0 Å². The van der Waals surface area contributed by atoms with Crippen LogP contribution in [0.25, 0.3) is 11.0 Å². The molecule has 1 aliphatic heterocycles. The van der Waals surface area contributed by atoms with Crippen LogP contribution in [0.15, 0.2) is 18.2 Å². The number of morpholine rings is 1. The molecule has 2 aromatic rings. The van der Waals surface area contributed by atoms with E-state index in [0.717, 1.165) is 49.6 Å². The summed E-state index contributed by atoms with van der Waals surface area (Å²) in [6, 6.07) is 7.09. The first-order valence-corrected chi connectivity index (χ1v) is 6.99. The number of hydrogen-bond donors (Lipinski definition) is 1. The molecule has 1 atom stereocenters. The van der Waals surface area contributed by atoms with E-state index in [0.29, 0.717) is 6.04 Å². The Hall–Kier alpha value is -1.39. The zero-order valence-electron chi connectivity index (χ0n) is 11.6. The minimum atomic E-state index is 0.561. The number of aromatic amines is 1. The summed E-state index contributed by atoms with van der Waals surface area (Å²) < 4.78 is 5.41. The minimum absolute atomic E-state index is 0.561. The molecule has 0 radical (unpaired) electrons. The van der Waals surface area contributed by atoms with Crippen LogP contribution in [0.4, 0.5) is 0 Å². The Morgan fingerprint density at radius 1 is 1.37 bits per heavy atom. The maximum absolute atomic E-state index is 5.41. The summed E-state index contributed by atoms with van der Waals surface area (Å²) >= 11 is 0. The number of aryl methyl sites for hydroxylation is 1. The van der Waals surface area contributed by atoms with Crippen molar-refractivity contribution >= 4 is 11.0 Å². The molecule has 1 unspecified atom stereocenters. The lowest BCUT2D eigenvalue weighted by Gasteiger charge is -2.32. The number of H-pyrrole nitrogens is 1. The topological polar surface area (TPSA) is 41.2 Å². The van der Waals surface area contributed by atoms with E-state index in [1.807, 2.05) is 6.92 Å². The molecule has 0 bridgehead atoms. The van der Waals surface area contributed by atoms with Gasteiger partial charge >= 0.3 is 0 Å². The molecule has 0 amide bonds. The number of fused-ring (bicyclic) bond motifs is 1. The average molecular weight is 259 g/mol. The lowest BCUT2D eigenvalue weighted by Crippen LogP contribution is -2.43. The van der Waals surface area contributed by atoms with Crippen molar-refractivity contribution in [2.75, 3.05) is 26.3 Å². The van der Waals surface area contributed by atoms with Crippen molar-refractivity contribution in [3.05, 3.63) is 29.6 Å². The maximum atomic E-state index is 5.41. The minimum Gasteiger partial charge on any atom is -0.379 e. The van der Waals surface area contributed by atoms with Gasteiger partial charge in [-0.2, -0.15) is 0 Å². The van der Waals surface area contributed by atoms with Crippen LogP contribution >= 0.6 is 0 Å². The van der Waals surface area contributed by atoms with Crippen LogP contribution in [-0.4, -0.2) is 47.2 Å². The number of rotatable bonds is 3. The van der Waals surface area contributed by atoms with Crippen LogP contribution in [0.2, 0.25) is 0 Å². The summed E-state index contributed by atoms with van der Waals surface area (Å²) in [5.41, 5.74) is 3.57. The number of ether oxygens (including phenoxy) is 1. The van der Waals surface area contributed by atoms with Crippen molar-refractivity contribution in [3.63, 3.8) is 0 Å². The summed E-state index contributed by atoms with van der Waals surface area (Å²) in [5.74, 6) is 0.980. The van der Waals surface area contributed by atoms with Crippen LogP contribution in [0, 0.1) is 6.92 Å². The van der Waals surface area contributed by atoms with E-state index >= 15 is 0 Å². The van der Waals surface area contributed by atoms with E-state index in [1.165, 1.54) is 5.56 Å². The van der Waals surface area contributed by atoms with Crippen LogP contribution in [0.3, 0.4) is 0 Å². The fourth-order valence-corrected chi connectivity index (χ4v) is 2.80. The summed E-state index contributed by atoms with van der Waals surface area (Å²) in [7, 11) is 0. The van der Waals surface area contributed by atoms with Gasteiger partial charge in [0.05, 0.1) is 24.2 Å². The summed E-state index contributed by atoms with van der Waals surface area (Å²) in [5, 5.41) is 0. The molecular formula is C15H21N3O. The third kappa shape index (κ3) is 2.80. The van der Waals surface area contributed by atoms with Gasteiger partial charge in [0.2, 0.25) is 0 Å². The molecule has 2 heterocycles. The van der Waals surface area contributed by atoms with Gasteiger partial charge in [0.25, 0.3) is 0 Å². The number of benzene rings is 1. The van der Waals surface area contributed by atoms with E-state index < -0.39 is 0 Å². The van der Waals surface area contributed by atoms with Gasteiger partial charge < -0.3 is 9.72 Å². The molecule has 1 saturated heterocycles. The quantitative estimate of drug-likeness (QED) is 0.918. The first-order valence-electron chi connectivity index (χ1n) is 6.99. The van der Waals surface area contributed by atoms with E-state index in [4.69, 9.17) is 4.74 Å². The first-order chi connectivity index (χ1) is 9.22. The lowest BCUT2D eigenvalue weighted by molar-refractivity contribution is 0.0203. The van der Waals surface area contributed by atoms with Crippen LogP contribution in [-0.2, 0) is 11.2 Å². The Balaban J connectivity index is 1.72. The highest BCUT2D eigenvalue weighted by Gasteiger charge is 2.17. The Morgan fingerprint density at radius 3 is 2.95 bits per heavy atom. The van der Waals surface area contributed by atoms with Crippen molar-refractivity contribution < 1.29 is 4.74 Å². The highest BCUT2D eigenvalue weighted by molar-refractivity contribution is 5.75. The molecule has 1 aliphatic rings. The number of nitrogens with zero attached hydrogens (tertiary/aromatic N) is 2. The molecule has 1 aromatic carbocycles. The lowest BCUT2D eigenvalue weighted by atomic mass is 10.0. The Kier molecular flexibility index (Phi) is 3.53. The van der Waals surface area contributed by atoms with Gasteiger partial charge in [-0.1, -0.05) is 6.07 Å². The molecule has 1 aromatic heterocycles. The monoisotopic (exact) mass is 259 g/mol. The zero-order chi connectivity index (χ0) is 13.2. The van der Waals surface area contributed by atoms with Gasteiger partial charge in [-0.15, -0.1) is 0 Å². The van der Waals surface area contributed by atoms with Gasteiger partial charge in [0, 0.05) is 19.1 Å². The highest BCUT2D eigenvalue weighted by Crippen LogP contribution is 2.16. The SMILES string of the molecule is Cc1nc2ccc(CC(C)N3CCOCC3)cc2[nH]1. The van der Waals surface area contributed by atoms with Crippen molar-refractivity contribution in [3.8, 4) is 0 Å². The Bertz CT molecular complexity index is 558. The van der Waals surface area contributed by atoms with Gasteiger partial charge in [-0.3, -0.25) is 4.90 Å². The molecule has 0 spiro atoms. The summed E-state index contributed by atoms with van der Waals surface area (Å²) in [6.45, 7) is 8.12. The molecular weight excluding hydrogens is 238 g/mol. The predicted octanol–water partition coefficient (Wildman–Crippen LogP) is 2.13. The smallest absolute Gasteiger partial charge is 0.104 e. The van der Waals surface area contributed by atoms with Gasteiger partial charge in [-0.25, -0.2) is 4.98 Å². The largest absolute Gasteiger partial charge is 0.379 e. The Labute approximate surface area is 113 Å². The number of aromatic nitrogens is 2. The molecule has 1 fully saturated rings. The third-order valence-corrected chi connectivity index (χ3v) is 3.86. The summed E-state index contributed by atoms with van der Waals surface area (Å²) in [4.78, 5) is 10.3. The van der Waals surface area contributed by atoms with Crippen LogP contribution < -0.4 is 0 Å². The van der Waals surface area contributed by atoms with Gasteiger partial charge in [0.1, 0.15) is 5.82 Å². The van der Waals surface area contributed by atoms with Crippen LogP contribution in [0.5, 0.6) is 0 Å². The van der Waals surface area contributed by atoms with Crippen molar-refractivity contribution in [1.82, 2.24) is 14.9 Å². The van der Waals surface area contributed by atoms with E-state index in [1.54, 1.807) is 0 Å². The Morgan fingerprint density at radius 2 is 2.16 bits per heavy atom. The second-order valence-corrected chi connectivity index (χ2v) is 5.38. The van der Waals surface area contributed by atoms with Crippen molar-refractivity contribution in [1.29, 1.82) is 0 Å². The van der Waals surface area contributed by atoms with Crippen LogP contribution in [0.1, 0.15) is 18.3 Å². The average Bonchev–Trinajstić information content (AvgIpc) is 2.79. The highest BCUT2D eigenvalue weighted by atomic mass is 16.5. The third-order valence-electron chi connectivity index (χ3n) is 3.86. The normalized spacial score (nSPS) is 18.8. The first kappa shape index (κ1) is 12.6. The van der Waals surface area contributed by atoms with Crippen molar-refractivity contribution in [2.24, 2.45) is 0 Å². The second-order valence-electron chi connectivity index (χ2n) is 5.38. The molecule has 3 rings (SSSR count). The van der Waals surface area contributed by atoms with E-state index in [2.05, 4.69) is 40.0 Å². The number of nitrogens with one attached hydrogen (secondary N) is 1. The van der Waals surface area contributed by atoms with Crippen molar-refractivity contribution in [2.45, 2.75) is 26.3 Å². The maximum Gasteiger partial charge on any atom is 0.104 e. The molecule has 0 saturated carbocycles. The van der Waals surface area contributed by atoms with E-state index in [-0.39, 0.29) is 0 Å². The molecule has 1 N–H and O–H groups in total. The van der Waals surface area contributed by atoms with Gasteiger partial charge in [0.15, 0.2) is 0 Å². The standard InChI is InChI=1S/C15H21N3O/c1-11(18-5-7-19-8-6-18)9-13-3-4-14-15(10-13)17-12(2)16-14/h3-4,10-11H,5-9H2,1-2H3,(H,16,17). The van der Waals surface area contributed by atoms with Gasteiger partial charge in [-0.05, 0) is 38.0 Å². The molecule has 19 heavy (non-hydrogen) atoms. The molecule has 102 valence electrons. The molecule has 4 nitrogen and oxygen atoms in total. The number of imidazole rings is 1. The summed E-state index contributed by atoms with van der Waals surface area (Å²) in [6.07, 6.45) is 1.08. The fraction of sp³-hybridized carbons (Fsp3) is 0.533. The zero-order valence-corrected chi connectivity index (χ0v) is 11.6. The molecule has 4 heteroatoms. The second kappa shape index (κ2) is 5.31. The predicted molar refractivity (Wildman–Crippen MR) is 76.4 cm³/mol. The number of hydrogen-bond acceptors (Lipinski definition) is 3.